The summed E-state index contributed by atoms with van der Waals surface area (Å²) in [6.07, 6.45) is 0. The number of carbonyl (C=O) groups excluding carboxylic acids is 1. The predicted molar refractivity (Wildman–Crippen MR) is 83.7 cm³/mol. The van der Waals surface area contributed by atoms with E-state index in [-0.39, 0.29) is 0 Å². The van der Waals surface area contributed by atoms with Crippen LogP contribution >= 0.6 is 24.2 Å². The molecule has 1 aliphatic rings. The van der Waals surface area contributed by atoms with Gasteiger partial charge in [-0.1, -0.05) is 23.7 Å². The van der Waals surface area contributed by atoms with Gasteiger partial charge in [-0.05, 0) is 24.6 Å². The molecule has 1 heterocycles. The molecule has 21 heavy (non-hydrogen) atoms. The Morgan fingerprint density at radius 2 is 2.24 bits per heavy atom. The smallest absolute Gasteiger partial charge is 0.336 e. The van der Waals surface area contributed by atoms with Crippen LogP contribution in [0.4, 0.5) is 0 Å². The summed E-state index contributed by atoms with van der Waals surface area (Å²) < 4.78 is 4.84. The van der Waals surface area contributed by atoms with E-state index in [1.165, 1.54) is 7.11 Å². The molecule has 0 radical (unpaired) electrons. The molecular formula is C15H13ClN2O2S. The van der Waals surface area contributed by atoms with Crippen LogP contribution in [0.3, 0.4) is 0 Å². The van der Waals surface area contributed by atoms with Crippen LogP contribution in [0.25, 0.3) is 0 Å². The minimum absolute atomic E-state index is 0.353. The van der Waals surface area contributed by atoms with Crippen molar-refractivity contribution in [1.29, 1.82) is 5.26 Å². The van der Waals surface area contributed by atoms with Crippen molar-refractivity contribution in [2.75, 3.05) is 7.11 Å². The van der Waals surface area contributed by atoms with Crippen molar-refractivity contribution in [3.8, 4) is 6.07 Å². The first-order valence-corrected chi connectivity index (χ1v) is 6.97. The number of nitrogens with zero attached hydrogens (tertiary/aromatic N) is 1. The molecule has 0 aromatic heterocycles. The molecule has 6 heteroatoms. The third-order valence-corrected chi connectivity index (χ3v) is 3.84. The minimum Gasteiger partial charge on any atom is -0.466 e. The van der Waals surface area contributed by atoms with Gasteiger partial charge in [0.05, 0.1) is 35.3 Å². The van der Waals surface area contributed by atoms with Crippen LogP contribution in [0.2, 0.25) is 5.02 Å². The van der Waals surface area contributed by atoms with E-state index in [4.69, 9.17) is 16.3 Å². The molecule has 0 spiro atoms. The van der Waals surface area contributed by atoms with Gasteiger partial charge in [-0.25, -0.2) is 4.79 Å². The standard InChI is InChI=1S/C15H13ClN2O2S/c1-8-12(15(19)20-2)13(11(7-17)14(21)18-8)9-4-3-5-10(16)6-9/h3-6,13,18,21H,1-2H3. The van der Waals surface area contributed by atoms with Crippen LogP contribution in [0.5, 0.6) is 0 Å². The first-order chi connectivity index (χ1) is 9.99. The van der Waals surface area contributed by atoms with Gasteiger partial charge in [-0.2, -0.15) is 5.26 Å². The summed E-state index contributed by atoms with van der Waals surface area (Å²) in [5, 5.41) is 13.3. The maximum Gasteiger partial charge on any atom is 0.336 e. The fraction of sp³-hybridized carbons (Fsp3) is 0.200. The zero-order chi connectivity index (χ0) is 15.6. The number of esters is 1. The van der Waals surface area contributed by atoms with Crippen LogP contribution in [-0.2, 0) is 9.53 Å². The normalized spacial score (nSPS) is 18.1. The average molecular weight is 321 g/mol. The second-order valence-corrected chi connectivity index (χ2v) is 5.40. The fourth-order valence-electron chi connectivity index (χ4n) is 2.33. The predicted octanol–water partition coefficient (Wildman–Crippen LogP) is 3.14. The van der Waals surface area contributed by atoms with Crippen molar-refractivity contribution in [2.45, 2.75) is 12.8 Å². The zero-order valence-corrected chi connectivity index (χ0v) is 13.1. The van der Waals surface area contributed by atoms with E-state index in [2.05, 4.69) is 24.0 Å². The summed E-state index contributed by atoms with van der Waals surface area (Å²) in [5.74, 6) is -1.03. The molecule has 0 saturated carbocycles. The van der Waals surface area contributed by atoms with E-state index in [0.717, 1.165) is 5.56 Å². The number of nitriles is 1. The number of ether oxygens (including phenoxy) is 1. The number of allylic oxidation sites excluding steroid dienone is 2. The average Bonchev–Trinajstić information content (AvgIpc) is 2.45. The number of nitrogens with one attached hydrogen (secondary N) is 1. The molecule has 0 aliphatic carbocycles. The lowest BCUT2D eigenvalue weighted by Gasteiger charge is -2.27. The molecule has 0 amide bonds. The third-order valence-electron chi connectivity index (χ3n) is 3.25. The number of halogens is 1. The molecule has 0 fully saturated rings. The second-order valence-electron chi connectivity index (χ2n) is 4.52. The first-order valence-electron chi connectivity index (χ1n) is 6.14. The van der Waals surface area contributed by atoms with Crippen LogP contribution in [-0.4, -0.2) is 13.1 Å². The third kappa shape index (κ3) is 2.92. The lowest BCUT2D eigenvalue weighted by atomic mass is 9.82. The first kappa shape index (κ1) is 15.5. The van der Waals surface area contributed by atoms with Gasteiger partial charge in [0.2, 0.25) is 0 Å². The number of benzene rings is 1. The Hall–Kier alpha value is -1.90. The number of hydrogen-bond acceptors (Lipinski definition) is 5. The molecule has 1 unspecified atom stereocenters. The van der Waals surface area contributed by atoms with Crippen molar-refractivity contribution in [3.05, 3.63) is 56.7 Å². The van der Waals surface area contributed by atoms with E-state index in [1.807, 2.05) is 6.07 Å². The SMILES string of the molecule is COC(=O)C1=C(C)NC(S)=C(C#N)C1c1cccc(Cl)c1. The van der Waals surface area contributed by atoms with Gasteiger partial charge in [0.25, 0.3) is 0 Å². The van der Waals surface area contributed by atoms with Crippen LogP contribution in [0.15, 0.2) is 46.1 Å². The van der Waals surface area contributed by atoms with Crippen molar-refractivity contribution in [1.82, 2.24) is 5.32 Å². The number of rotatable bonds is 2. The van der Waals surface area contributed by atoms with Crippen LogP contribution < -0.4 is 5.32 Å². The van der Waals surface area contributed by atoms with Gasteiger partial charge in [0, 0.05) is 10.7 Å². The Labute approximate surface area is 133 Å². The molecule has 108 valence electrons. The van der Waals surface area contributed by atoms with Gasteiger partial charge in [-0.15, -0.1) is 12.6 Å². The van der Waals surface area contributed by atoms with E-state index in [9.17, 15) is 10.1 Å². The molecule has 1 aliphatic heterocycles. The Morgan fingerprint density at radius 1 is 1.52 bits per heavy atom. The van der Waals surface area contributed by atoms with E-state index >= 15 is 0 Å². The Balaban J connectivity index is 2.66. The fourth-order valence-corrected chi connectivity index (χ4v) is 2.87. The molecule has 1 aromatic rings. The van der Waals surface area contributed by atoms with Crippen LogP contribution in [0.1, 0.15) is 18.4 Å². The highest BCUT2D eigenvalue weighted by Crippen LogP contribution is 2.39. The highest BCUT2D eigenvalue weighted by atomic mass is 35.5. The summed E-state index contributed by atoms with van der Waals surface area (Å²) >= 11 is 10.3. The monoisotopic (exact) mass is 320 g/mol. The molecule has 4 nitrogen and oxygen atoms in total. The minimum atomic E-state index is -0.546. The maximum absolute atomic E-state index is 12.1. The Bertz CT molecular complexity index is 704. The van der Waals surface area contributed by atoms with Gasteiger partial charge in [-0.3, -0.25) is 0 Å². The summed E-state index contributed by atoms with van der Waals surface area (Å²) in [6, 6.07) is 9.16. The number of carbonyl (C=O) groups is 1. The molecule has 1 N–H and O–H groups in total. The number of hydrogen-bond donors (Lipinski definition) is 2. The van der Waals surface area contributed by atoms with E-state index in [0.29, 0.717) is 26.9 Å². The van der Waals surface area contributed by atoms with Crippen molar-refractivity contribution in [2.24, 2.45) is 0 Å². The Morgan fingerprint density at radius 3 is 2.81 bits per heavy atom. The lowest BCUT2D eigenvalue weighted by Crippen LogP contribution is -2.27. The Kier molecular flexibility index (Phi) is 4.61. The van der Waals surface area contributed by atoms with Crippen molar-refractivity contribution >= 4 is 30.2 Å². The summed E-state index contributed by atoms with van der Waals surface area (Å²) in [5.41, 5.74) is 2.09. The second kappa shape index (κ2) is 6.25. The zero-order valence-electron chi connectivity index (χ0n) is 11.5. The molecular weight excluding hydrogens is 308 g/mol. The largest absolute Gasteiger partial charge is 0.466 e. The number of dihydropyridines is 1. The summed E-state index contributed by atoms with van der Waals surface area (Å²) in [6.45, 7) is 1.74. The van der Waals surface area contributed by atoms with Gasteiger partial charge in [0.15, 0.2) is 0 Å². The topological polar surface area (TPSA) is 62.1 Å². The number of methoxy groups -OCH3 is 1. The highest BCUT2D eigenvalue weighted by molar-refractivity contribution is 7.84. The molecule has 1 aromatic carbocycles. The molecule has 1 atom stereocenters. The van der Waals surface area contributed by atoms with E-state index < -0.39 is 11.9 Å². The lowest BCUT2D eigenvalue weighted by molar-refractivity contribution is -0.136. The maximum atomic E-state index is 12.1. The van der Waals surface area contributed by atoms with Gasteiger partial charge >= 0.3 is 5.97 Å². The van der Waals surface area contributed by atoms with Crippen molar-refractivity contribution in [3.63, 3.8) is 0 Å². The quantitative estimate of drug-likeness (QED) is 0.649. The molecule has 0 saturated heterocycles. The summed E-state index contributed by atoms with van der Waals surface area (Å²) in [7, 11) is 1.31. The van der Waals surface area contributed by atoms with Gasteiger partial charge in [0.1, 0.15) is 0 Å². The molecule has 0 bridgehead atoms. The van der Waals surface area contributed by atoms with Gasteiger partial charge < -0.3 is 10.1 Å². The summed E-state index contributed by atoms with van der Waals surface area (Å²) in [4.78, 5) is 12.1. The van der Waals surface area contributed by atoms with Crippen molar-refractivity contribution < 1.29 is 9.53 Å². The van der Waals surface area contributed by atoms with E-state index in [1.54, 1.807) is 25.1 Å². The van der Waals surface area contributed by atoms with Crippen LogP contribution in [0, 0.1) is 11.3 Å². The highest BCUT2D eigenvalue weighted by Gasteiger charge is 2.34. The number of thiol groups is 1. The molecule has 2 rings (SSSR count).